The van der Waals surface area contributed by atoms with Crippen LogP contribution in [0.1, 0.15) is 15.9 Å². The molecule has 0 unspecified atom stereocenters. The smallest absolute Gasteiger partial charge is 0.341 e. The summed E-state index contributed by atoms with van der Waals surface area (Å²) in [7, 11) is 0. The number of ether oxygens (including phenoxy) is 2. The number of ketones is 1. The van der Waals surface area contributed by atoms with Gasteiger partial charge in [0.15, 0.2) is 12.4 Å². The second-order valence-electron chi connectivity index (χ2n) is 4.80. The first-order chi connectivity index (χ1) is 11.0. The minimum absolute atomic E-state index is 0.210. The molecular formula is C17H11BrO5. The van der Waals surface area contributed by atoms with Crippen LogP contribution in [0.4, 0.5) is 0 Å². The highest BCUT2D eigenvalue weighted by Crippen LogP contribution is 2.35. The molecule has 3 rings (SSSR count). The van der Waals surface area contributed by atoms with E-state index in [0.29, 0.717) is 17.1 Å². The minimum atomic E-state index is -1.07. The van der Waals surface area contributed by atoms with E-state index in [0.717, 1.165) is 10.0 Å². The lowest BCUT2D eigenvalue weighted by Gasteiger charge is -2.04. The normalized spacial score (nSPS) is 14.5. The lowest BCUT2D eigenvalue weighted by molar-refractivity contribution is -0.139. The van der Waals surface area contributed by atoms with Crippen LogP contribution in [0.2, 0.25) is 0 Å². The standard InChI is InChI=1S/C17H11BrO5/c18-13-4-2-1-3-10(13)7-15-17(21)12-6-5-11(8-14(12)23-15)22-9-16(19)20/h1-8H,9H2,(H,19,20). The molecule has 2 aromatic carbocycles. The third kappa shape index (κ3) is 3.27. The third-order valence-electron chi connectivity index (χ3n) is 3.20. The molecule has 1 N–H and O–H groups in total. The zero-order valence-electron chi connectivity index (χ0n) is 11.8. The Morgan fingerprint density at radius 3 is 2.78 bits per heavy atom. The van der Waals surface area contributed by atoms with Gasteiger partial charge in [0.05, 0.1) is 5.56 Å². The Hall–Kier alpha value is -2.60. The number of fused-ring (bicyclic) bond motifs is 1. The number of allylic oxidation sites excluding steroid dienone is 1. The Morgan fingerprint density at radius 1 is 1.26 bits per heavy atom. The van der Waals surface area contributed by atoms with Crippen molar-refractivity contribution < 1.29 is 24.2 Å². The Kier molecular flexibility index (Phi) is 4.16. The Balaban J connectivity index is 1.87. The second kappa shape index (κ2) is 6.26. The molecule has 5 nitrogen and oxygen atoms in total. The second-order valence-corrected chi connectivity index (χ2v) is 5.66. The topological polar surface area (TPSA) is 72.8 Å². The number of carbonyl (C=O) groups is 2. The predicted octanol–water partition coefficient (Wildman–Crippen LogP) is 3.53. The fraction of sp³-hybridized carbons (Fsp3) is 0.0588. The van der Waals surface area contributed by atoms with Gasteiger partial charge in [0.25, 0.3) is 0 Å². The number of Topliss-reactive ketones (excluding diaryl/α,β-unsaturated/α-hetero) is 1. The number of carboxylic acids is 1. The van der Waals surface area contributed by atoms with Crippen molar-refractivity contribution >= 4 is 33.8 Å². The summed E-state index contributed by atoms with van der Waals surface area (Å²) in [6.45, 7) is -0.452. The number of hydrogen-bond donors (Lipinski definition) is 1. The van der Waals surface area contributed by atoms with Gasteiger partial charge in [-0.1, -0.05) is 34.1 Å². The number of halogens is 1. The fourth-order valence-electron chi connectivity index (χ4n) is 2.14. The average Bonchev–Trinajstić information content (AvgIpc) is 2.83. The molecule has 0 atom stereocenters. The first-order valence-electron chi connectivity index (χ1n) is 6.72. The highest BCUT2D eigenvalue weighted by atomic mass is 79.9. The molecule has 2 aromatic rings. The van der Waals surface area contributed by atoms with Gasteiger partial charge in [-0.05, 0) is 29.8 Å². The number of carbonyl (C=O) groups excluding carboxylic acids is 1. The van der Waals surface area contributed by atoms with Crippen molar-refractivity contribution in [1.82, 2.24) is 0 Å². The Bertz CT molecular complexity index is 825. The van der Waals surface area contributed by atoms with Crippen LogP contribution in [0.15, 0.2) is 52.7 Å². The first-order valence-corrected chi connectivity index (χ1v) is 7.51. The lowest BCUT2D eigenvalue weighted by atomic mass is 10.1. The molecule has 116 valence electrons. The summed E-state index contributed by atoms with van der Waals surface area (Å²) in [5.41, 5.74) is 1.25. The maximum atomic E-state index is 12.3. The lowest BCUT2D eigenvalue weighted by Crippen LogP contribution is -2.09. The molecule has 0 bridgehead atoms. The van der Waals surface area contributed by atoms with Gasteiger partial charge in [-0.15, -0.1) is 0 Å². The number of carboxylic acid groups (broad SMARTS) is 1. The van der Waals surface area contributed by atoms with E-state index in [4.69, 9.17) is 14.6 Å². The molecule has 0 spiro atoms. The third-order valence-corrected chi connectivity index (χ3v) is 3.92. The van der Waals surface area contributed by atoms with E-state index in [1.165, 1.54) is 6.07 Å². The van der Waals surface area contributed by atoms with Gasteiger partial charge in [-0.2, -0.15) is 0 Å². The summed E-state index contributed by atoms with van der Waals surface area (Å²) in [6.07, 6.45) is 1.66. The molecule has 0 amide bonds. The molecule has 0 aliphatic carbocycles. The van der Waals surface area contributed by atoms with Crippen molar-refractivity contribution in [3.8, 4) is 11.5 Å². The van der Waals surface area contributed by atoms with E-state index in [1.807, 2.05) is 24.3 Å². The maximum absolute atomic E-state index is 12.3. The molecule has 0 saturated heterocycles. The summed E-state index contributed by atoms with van der Waals surface area (Å²) >= 11 is 3.42. The van der Waals surface area contributed by atoms with E-state index in [2.05, 4.69) is 15.9 Å². The van der Waals surface area contributed by atoms with E-state index in [1.54, 1.807) is 18.2 Å². The molecule has 0 fully saturated rings. The summed E-state index contributed by atoms with van der Waals surface area (Å²) < 4.78 is 11.5. The van der Waals surface area contributed by atoms with Crippen LogP contribution in [0.25, 0.3) is 6.08 Å². The molecule has 1 heterocycles. The van der Waals surface area contributed by atoms with Gasteiger partial charge in [-0.25, -0.2) is 4.79 Å². The average molecular weight is 375 g/mol. The van der Waals surface area contributed by atoms with Gasteiger partial charge < -0.3 is 14.6 Å². The van der Waals surface area contributed by atoms with Crippen LogP contribution in [-0.4, -0.2) is 23.5 Å². The number of rotatable bonds is 4. The van der Waals surface area contributed by atoms with E-state index in [9.17, 15) is 9.59 Å². The number of hydrogen-bond acceptors (Lipinski definition) is 4. The van der Waals surface area contributed by atoms with Crippen LogP contribution in [0.5, 0.6) is 11.5 Å². The van der Waals surface area contributed by atoms with Crippen LogP contribution >= 0.6 is 15.9 Å². The molecule has 0 aromatic heterocycles. The monoisotopic (exact) mass is 374 g/mol. The van der Waals surface area contributed by atoms with E-state index >= 15 is 0 Å². The van der Waals surface area contributed by atoms with Crippen molar-refractivity contribution in [3.05, 3.63) is 63.8 Å². The molecule has 6 heteroatoms. The summed E-state index contributed by atoms with van der Waals surface area (Å²) in [5.74, 6) is -0.392. The van der Waals surface area contributed by atoms with Crippen molar-refractivity contribution in [1.29, 1.82) is 0 Å². The highest BCUT2D eigenvalue weighted by molar-refractivity contribution is 9.10. The predicted molar refractivity (Wildman–Crippen MR) is 86.7 cm³/mol. The number of benzene rings is 2. The van der Waals surface area contributed by atoms with Crippen molar-refractivity contribution in [2.75, 3.05) is 6.61 Å². The maximum Gasteiger partial charge on any atom is 0.341 e. The fourth-order valence-corrected chi connectivity index (χ4v) is 2.53. The van der Waals surface area contributed by atoms with Gasteiger partial charge >= 0.3 is 5.97 Å². The van der Waals surface area contributed by atoms with Crippen LogP contribution < -0.4 is 9.47 Å². The highest BCUT2D eigenvalue weighted by Gasteiger charge is 2.28. The molecule has 23 heavy (non-hydrogen) atoms. The van der Waals surface area contributed by atoms with Crippen molar-refractivity contribution in [3.63, 3.8) is 0 Å². The zero-order chi connectivity index (χ0) is 16.4. The summed E-state index contributed by atoms with van der Waals surface area (Å²) in [4.78, 5) is 22.9. The number of aliphatic carboxylic acids is 1. The molecule has 1 aliphatic heterocycles. The van der Waals surface area contributed by atoms with Crippen molar-refractivity contribution in [2.45, 2.75) is 0 Å². The largest absolute Gasteiger partial charge is 0.482 e. The summed E-state index contributed by atoms with van der Waals surface area (Å²) in [5, 5.41) is 8.62. The molecule has 1 aliphatic rings. The molecule has 0 radical (unpaired) electrons. The SMILES string of the molecule is O=C(O)COc1ccc2c(c1)OC(=Cc1ccccc1Br)C2=O. The Morgan fingerprint density at radius 2 is 2.04 bits per heavy atom. The summed E-state index contributed by atoms with van der Waals surface area (Å²) in [6, 6.07) is 12.1. The van der Waals surface area contributed by atoms with Gasteiger partial charge in [0.2, 0.25) is 5.78 Å². The zero-order valence-corrected chi connectivity index (χ0v) is 13.4. The van der Waals surface area contributed by atoms with Gasteiger partial charge in [-0.3, -0.25) is 4.79 Å². The quantitative estimate of drug-likeness (QED) is 0.828. The minimum Gasteiger partial charge on any atom is -0.482 e. The van der Waals surface area contributed by atoms with Crippen LogP contribution in [-0.2, 0) is 4.79 Å². The first kappa shape index (κ1) is 15.3. The van der Waals surface area contributed by atoms with Gasteiger partial charge in [0.1, 0.15) is 11.5 Å². The molecular weight excluding hydrogens is 364 g/mol. The van der Waals surface area contributed by atoms with E-state index < -0.39 is 12.6 Å². The Labute approximate surface area is 140 Å². The van der Waals surface area contributed by atoms with E-state index in [-0.39, 0.29) is 11.5 Å². The van der Waals surface area contributed by atoms with Crippen molar-refractivity contribution in [2.24, 2.45) is 0 Å². The van der Waals surface area contributed by atoms with Gasteiger partial charge in [0, 0.05) is 10.5 Å². The molecule has 0 saturated carbocycles. The van der Waals surface area contributed by atoms with Crippen LogP contribution in [0, 0.1) is 0 Å². The van der Waals surface area contributed by atoms with Crippen LogP contribution in [0.3, 0.4) is 0 Å².